The summed E-state index contributed by atoms with van der Waals surface area (Å²) in [5.41, 5.74) is 1.89. The number of piperidine rings is 1. The minimum Gasteiger partial charge on any atom is -0.462 e. The van der Waals surface area contributed by atoms with Gasteiger partial charge in [-0.25, -0.2) is 4.79 Å². The van der Waals surface area contributed by atoms with Gasteiger partial charge in [0.05, 0.1) is 19.3 Å². The number of nitrogens with one attached hydrogen (secondary N) is 1. The number of aliphatic hydroxyl groups excluding tert-OH is 1. The lowest BCUT2D eigenvalue weighted by Gasteiger charge is -2.28. The van der Waals surface area contributed by atoms with Crippen molar-refractivity contribution < 1.29 is 19.4 Å². The van der Waals surface area contributed by atoms with Gasteiger partial charge in [0.15, 0.2) is 0 Å². The number of aliphatic hydroxyl groups is 1. The van der Waals surface area contributed by atoms with Crippen LogP contribution >= 0.6 is 22.9 Å². The van der Waals surface area contributed by atoms with Gasteiger partial charge in [-0.05, 0) is 37.5 Å². The minimum atomic E-state index is -0.468. The van der Waals surface area contributed by atoms with Crippen molar-refractivity contribution in [1.29, 1.82) is 0 Å². The molecule has 0 unspecified atom stereocenters. The van der Waals surface area contributed by atoms with Gasteiger partial charge in [-0.1, -0.05) is 23.7 Å². The molecule has 1 aliphatic rings. The number of benzene rings is 1. The van der Waals surface area contributed by atoms with E-state index in [1.165, 1.54) is 11.3 Å². The van der Waals surface area contributed by atoms with Crippen LogP contribution in [0.25, 0.3) is 11.1 Å². The van der Waals surface area contributed by atoms with Crippen LogP contribution in [0.1, 0.15) is 30.1 Å². The predicted octanol–water partition coefficient (Wildman–Crippen LogP) is 3.64. The van der Waals surface area contributed by atoms with Crippen LogP contribution in [0.5, 0.6) is 0 Å². The van der Waals surface area contributed by atoms with Gasteiger partial charge in [0.1, 0.15) is 10.6 Å². The molecule has 2 aromatic rings. The summed E-state index contributed by atoms with van der Waals surface area (Å²) >= 11 is 7.26. The molecule has 150 valence electrons. The lowest BCUT2D eigenvalue weighted by Crippen LogP contribution is -2.40. The molecule has 3 rings (SSSR count). The highest BCUT2D eigenvalue weighted by Gasteiger charge is 2.24. The van der Waals surface area contributed by atoms with E-state index in [1.54, 1.807) is 19.1 Å². The first kappa shape index (κ1) is 20.8. The van der Waals surface area contributed by atoms with E-state index < -0.39 is 5.97 Å². The number of anilines is 1. The van der Waals surface area contributed by atoms with Gasteiger partial charge >= 0.3 is 5.97 Å². The summed E-state index contributed by atoms with van der Waals surface area (Å²) in [7, 11) is 0. The number of amides is 1. The first-order chi connectivity index (χ1) is 13.5. The van der Waals surface area contributed by atoms with Crippen LogP contribution in [-0.2, 0) is 9.53 Å². The van der Waals surface area contributed by atoms with Gasteiger partial charge in [-0.3, -0.25) is 9.69 Å². The van der Waals surface area contributed by atoms with Gasteiger partial charge in [0, 0.05) is 29.1 Å². The number of likely N-dealkylation sites (tertiary alicyclic amines) is 1. The number of esters is 1. The normalized spacial score (nSPS) is 15.4. The van der Waals surface area contributed by atoms with Crippen molar-refractivity contribution in [2.45, 2.75) is 25.9 Å². The first-order valence-corrected chi connectivity index (χ1v) is 10.5. The molecule has 28 heavy (non-hydrogen) atoms. The summed E-state index contributed by atoms with van der Waals surface area (Å²) in [5, 5.41) is 15.4. The lowest BCUT2D eigenvalue weighted by molar-refractivity contribution is -0.117. The Bertz CT molecular complexity index is 829. The maximum absolute atomic E-state index is 12.6. The van der Waals surface area contributed by atoms with Gasteiger partial charge in [-0.15, -0.1) is 11.3 Å². The quantitative estimate of drug-likeness (QED) is 0.695. The smallest absolute Gasteiger partial charge is 0.341 e. The minimum absolute atomic E-state index is 0.188. The molecule has 1 amide bonds. The van der Waals surface area contributed by atoms with Gasteiger partial charge in [-0.2, -0.15) is 0 Å². The zero-order valence-corrected chi connectivity index (χ0v) is 17.2. The average molecular weight is 423 g/mol. The molecule has 0 spiro atoms. The Balaban J connectivity index is 1.79. The number of hydrogen-bond donors (Lipinski definition) is 2. The highest BCUT2D eigenvalue weighted by atomic mass is 35.5. The molecule has 1 saturated heterocycles. The van der Waals surface area contributed by atoms with E-state index in [0.717, 1.165) is 5.56 Å². The van der Waals surface area contributed by atoms with E-state index in [1.807, 2.05) is 22.4 Å². The van der Waals surface area contributed by atoms with Gasteiger partial charge in [0.25, 0.3) is 0 Å². The maximum atomic E-state index is 12.6. The molecule has 0 aliphatic carbocycles. The molecule has 6 nitrogen and oxygen atoms in total. The predicted molar refractivity (Wildman–Crippen MR) is 111 cm³/mol. The number of rotatable bonds is 6. The Morgan fingerprint density at radius 2 is 1.96 bits per heavy atom. The van der Waals surface area contributed by atoms with Crippen molar-refractivity contribution in [3.05, 3.63) is 40.2 Å². The third kappa shape index (κ3) is 5.11. The van der Waals surface area contributed by atoms with Crippen LogP contribution in [0, 0.1) is 0 Å². The number of carbonyl (C=O) groups is 2. The lowest BCUT2D eigenvalue weighted by atomic mass is 10.0. The molecule has 2 N–H and O–H groups in total. The summed E-state index contributed by atoms with van der Waals surface area (Å²) in [5.74, 6) is -0.656. The molecule has 1 aromatic heterocycles. The van der Waals surface area contributed by atoms with E-state index >= 15 is 0 Å². The second-order valence-corrected chi connectivity index (χ2v) is 7.95. The van der Waals surface area contributed by atoms with Crippen molar-refractivity contribution >= 4 is 39.8 Å². The standard InChI is InChI=1S/C20H23ClN2O4S/c1-2-27-20(26)18-16(13-3-5-14(21)6-4-13)12-28-19(18)22-17(25)11-23-9-7-15(24)8-10-23/h3-6,12,15,24H,2,7-11H2,1H3,(H,22,25). The highest BCUT2D eigenvalue weighted by Crippen LogP contribution is 2.36. The summed E-state index contributed by atoms with van der Waals surface area (Å²) in [4.78, 5) is 27.1. The number of ether oxygens (including phenoxy) is 1. The van der Waals surface area contributed by atoms with Crippen molar-refractivity contribution in [2.75, 3.05) is 31.6 Å². The topological polar surface area (TPSA) is 78.9 Å². The van der Waals surface area contributed by atoms with Crippen LogP contribution in [0.4, 0.5) is 5.00 Å². The molecular formula is C20H23ClN2O4S. The molecule has 0 saturated carbocycles. The summed E-state index contributed by atoms with van der Waals surface area (Å²) in [6.45, 7) is 3.58. The monoisotopic (exact) mass is 422 g/mol. The largest absolute Gasteiger partial charge is 0.462 e. The van der Waals surface area contributed by atoms with Crippen LogP contribution in [0.15, 0.2) is 29.6 Å². The van der Waals surface area contributed by atoms with Gasteiger partial charge < -0.3 is 15.2 Å². The second kappa shape index (κ2) is 9.52. The van der Waals surface area contributed by atoms with Gasteiger partial charge in [0.2, 0.25) is 5.91 Å². The van der Waals surface area contributed by atoms with Crippen LogP contribution in [0.3, 0.4) is 0 Å². The molecule has 0 atom stereocenters. The molecule has 8 heteroatoms. The molecule has 0 radical (unpaired) electrons. The van der Waals surface area contributed by atoms with Crippen molar-refractivity contribution in [1.82, 2.24) is 4.90 Å². The van der Waals surface area contributed by atoms with Crippen LogP contribution in [-0.4, -0.2) is 54.2 Å². The Kier molecular flexibility index (Phi) is 7.07. The molecule has 0 bridgehead atoms. The first-order valence-electron chi connectivity index (χ1n) is 9.22. The Morgan fingerprint density at radius 1 is 1.29 bits per heavy atom. The maximum Gasteiger partial charge on any atom is 0.341 e. The summed E-state index contributed by atoms with van der Waals surface area (Å²) < 4.78 is 5.21. The summed E-state index contributed by atoms with van der Waals surface area (Å²) in [6, 6.07) is 7.18. The van der Waals surface area contributed by atoms with E-state index in [4.69, 9.17) is 16.3 Å². The molecular weight excluding hydrogens is 400 g/mol. The van der Waals surface area contributed by atoms with E-state index in [-0.39, 0.29) is 25.2 Å². The number of hydrogen-bond acceptors (Lipinski definition) is 6. The van der Waals surface area contributed by atoms with Crippen molar-refractivity contribution in [2.24, 2.45) is 0 Å². The third-order valence-corrected chi connectivity index (χ3v) is 5.75. The second-order valence-electron chi connectivity index (χ2n) is 6.64. The Morgan fingerprint density at radius 3 is 2.61 bits per heavy atom. The molecule has 1 aromatic carbocycles. The highest BCUT2D eigenvalue weighted by molar-refractivity contribution is 7.15. The van der Waals surface area contributed by atoms with Crippen LogP contribution < -0.4 is 5.32 Å². The number of nitrogens with zero attached hydrogens (tertiary/aromatic N) is 1. The number of thiophene rings is 1. The van der Waals surface area contributed by atoms with E-state index in [2.05, 4.69) is 5.32 Å². The summed E-state index contributed by atoms with van der Waals surface area (Å²) in [6.07, 6.45) is 1.05. The Labute approximate surface area is 173 Å². The Hall–Kier alpha value is -1.93. The van der Waals surface area contributed by atoms with Crippen molar-refractivity contribution in [3.8, 4) is 11.1 Å². The zero-order valence-electron chi connectivity index (χ0n) is 15.6. The fraction of sp³-hybridized carbons (Fsp3) is 0.400. The van der Waals surface area contributed by atoms with Crippen molar-refractivity contribution in [3.63, 3.8) is 0 Å². The SMILES string of the molecule is CCOC(=O)c1c(-c2ccc(Cl)cc2)csc1NC(=O)CN1CCC(O)CC1. The fourth-order valence-electron chi connectivity index (χ4n) is 3.14. The molecule has 1 fully saturated rings. The number of carbonyl (C=O) groups excluding carboxylic acids is 2. The van der Waals surface area contributed by atoms with Crippen LogP contribution in [0.2, 0.25) is 5.02 Å². The zero-order chi connectivity index (χ0) is 20.1. The molecule has 2 heterocycles. The fourth-order valence-corrected chi connectivity index (χ4v) is 4.24. The third-order valence-electron chi connectivity index (χ3n) is 4.60. The molecule has 1 aliphatic heterocycles. The average Bonchev–Trinajstić information content (AvgIpc) is 3.08. The van der Waals surface area contributed by atoms with E-state index in [0.29, 0.717) is 47.1 Å². The number of halogens is 1. The van der Waals surface area contributed by atoms with E-state index in [9.17, 15) is 14.7 Å².